The lowest BCUT2D eigenvalue weighted by Crippen LogP contribution is -2.27. The van der Waals surface area contributed by atoms with Crippen LogP contribution in [0.25, 0.3) is 11.1 Å². The van der Waals surface area contributed by atoms with Crippen LogP contribution in [-0.4, -0.2) is 36.9 Å². The van der Waals surface area contributed by atoms with E-state index in [4.69, 9.17) is 19.4 Å². The van der Waals surface area contributed by atoms with Gasteiger partial charge in [0.2, 0.25) is 0 Å². The number of hydroxylamine groups is 1. The maximum absolute atomic E-state index is 12.6. The number of nitrogens with one attached hydrogen (secondary N) is 1. The van der Waals surface area contributed by atoms with Gasteiger partial charge in [-0.3, -0.25) is 9.63 Å². The molecule has 0 aliphatic heterocycles. The van der Waals surface area contributed by atoms with Crippen LogP contribution in [0.15, 0.2) is 103 Å². The van der Waals surface area contributed by atoms with Crippen molar-refractivity contribution in [3.05, 3.63) is 125 Å². The first kappa shape index (κ1) is 27.1. The van der Waals surface area contributed by atoms with E-state index >= 15 is 0 Å². The average molecular weight is 538 g/mol. The van der Waals surface area contributed by atoms with E-state index in [-0.39, 0.29) is 31.6 Å². The fraction of sp³-hybridized carbons (Fsp3) is 0.212. The quantitative estimate of drug-likeness (QED) is 0.125. The van der Waals surface area contributed by atoms with E-state index in [9.17, 15) is 9.59 Å². The summed E-state index contributed by atoms with van der Waals surface area (Å²) in [6.45, 7) is 0.325. The molecule has 1 unspecified atom stereocenters. The molecule has 0 radical (unpaired) electrons. The Balaban J connectivity index is 1.17. The first-order chi connectivity index (χ1) is 19.6. The van der Waals surface area contributed by atoms with Crippen molar-refractivity contribution in [3.63, 3.8) is 0 Å². The molecule has 4 aromatic rings. The van der Waals surface area contributed by atoms with Crippen LogP contribution in [-0.2, 0) is 19.2 Å². The normalized spacial score (nSPS) is 12.8. The lowest BCUT2D eigenvalue weighted by atomic mass is 9.98. The minimum atomic E-state index is -0.839. The van der Waals surface area contributed by atoms with Crippen molar-refractivity contribution in [1.82, 2.24) is 5.48 Å². The third kappa shape index (κ3) is 6.57. The number of benzene rings is 4. The molecular weight excluding hydrogens is 506 g/mol. The molecule has 0 saturated heterocycles. The Labute approximate surface area is 233 Å². The molecule has 0 amide bonds. The summed E-state index contributed by atoms with van der Waals surface area (Å²) in [6, 6.07) is 33.4. The smallest absolute Gasteiger partial charge is 0.334 e. The van der Waals surface area contributed by atoms with Crippen LogP contribution in [0.1, 0.15) is 47.1 Å². The Morgan fingerprint density at radius 2 is 1.38 bits per heavy atom. The van der Waals surface area contributed by atoms with Gasteiger partial charge < -0.3 is 14.6 Å². The molecule has 0 fully saturated rings. The minimum absolute atomic E-state index is 0.00811. The molecule has 0 saturated carbocycles. The molecular formula is C33H31NO6. The second-order valence-corrected chi connectivity index (χ2v) is 9.58. The van der Waals surface area contributed by atoms with E-state index in [1.165, 1.54) is 11.1 Å². The Bertz CT molecular complexity index is 1390. The van der Waals surface area contributed by atoms with Crippen molar-refractivity contribution < 1.29 is 29.0 Å². The van der Waals surface area contributed by atoms with Gasteiger partial charge in [-0.15, -0.1) is 0 Å². The molecule has 40 heavy (non-hydrogen) atoms. The molecule has 0 aromatic heterocycles. The van der Waals surface area contributed by atoms with Crippen LogP contribution in [0.2, 0.25) is 0 Å². The molecule has 204 valence electrons. The number of ether oxygens (including phenoxy) is 2. The number of carbonyl (C=O) groups excluding carboxylic acids is 1. The molecule has 0 spiro atoms. The number of carboxylic acids is 1. The highest BCUT2D eigenvalue weighted by Gasteiger charge is 2.29. The van der Waals surface area contributed by atoms with Gasteiger partial charge in [0.1, 0.15) is 12.4 Å². The van der Waals surface area contributed by atoms with Gasteiger partial charge in [-0.2, -0.15) is 5.48 Å². The lowest BCUT2D eigenvalue weighted by molar-refractivity contribution is -0.152. The van der Waals surface area contributed by atoms with E-state index in [1.807, 2.05) is 78.9 Å². The minimum Gasteiger partial charge on any atom is -0.494 e. The number of esters is 1. The van der Waals surface area contributed by atoms with Gasteiger partial charge in [-0.05, 0) is 51.9 Å². The van der Waals surface area contributed by atoms with E-state index in [1.54, 1.807) is 0 Å². The number of fused-ring (bicyclic) bond motifs is 3. The van der Waals surface area contributed by atoms with Crippen LogP contribution in [0.3, 0.4) is 0 Å². The zero-order valence-corrected chi connectivity index (χ0v) is 22.0. The van der Waals surface area contributed by atoms with Crippen LogP contribution in [0.4, 0.5) is 0 Å². The number of aliphatic carboxylic acids is 1. The molecule has 5 rings (SSSR count). The summed E-state index contributed by atoms with van der Waals surface area (Å²) in [7, 11) is 0. The van der Waals surface area contributed by atoms with Crippen LogP contribution >= 0.6 is 0 Å². The summed E-state index contributed by atoms with van der Waals surface area (Å²) in [5.74, 6) is -0.646. The number of hydrogen-bond donors (Lipinski definition) is 2. The van der Waals surface area contributed by atoms with Gasteiger partial charge in [0.15, 0.2) is 6.61 Å². The van der Waals surface area contributed by atoms with E-state index < -0.39 is 11.9 Å². The number of rotatable bonds is 13. The summed E-state index contributed by atoms with van der Waals surface area (Å²) in [4.78, 5) is 29.0. The summed E-state index contributed by atoms with van der Waals surface area (Å²) in [5.41, 5.74) is 9.58. The molecule has 0 bridgehead atoms. The number of hydrogen-bond acceptors (Lipinski definition) is 6. The monoisotopic (exact) mass is 537 g/mol. The van der Waals surface area contributed by atoms with Crippen LogP contribution in [0, 0.1) is 0 Å². The predicted octanol–water partition coefficient (Wildman–Crippen LogP) is 5.90. The standard InChI is InChI=1S/C33H31NO6/c35-31(36)15-8-20-38-25-18-16-24(17-19-25)33(23-9-2-1-3-10-23)34-40-22-32(37)39-21-30-28-13-6-4-11-26(28)27-12-5-7-14-29(27)30/h1-7,9-14,16-19,30,33-34H,8,15,20-22H2,(H,35,36). The summed E-state index contributed by atoms with van der Waals surface area (Å²) in [6.07, 6.45) is 0.508. The van der Waals surface area contributed by atoms with Crippen molar-refractivity contribution >= 4 is 11.9 Å². The number of carbonyl (C=O) groups is 2. The Kier molecular flexibility index (Phi) is 8.86. The molecule has 7 nitrogen and oxygen atoms in total. The highest BCUT2D eigenvalue weighted by atomic mass is 16.7. The first-order valence-corrected chi connectivity index (χ1v) is 13.3. The van der Waals surface area contributed by atoms with E-state index in [0.29, 0.717) is 18.8 Å². The summed E-state index contributed by atoms with van der Waals surface area (Å²) >= 11 is 0. The summed E-state index contributed by atoms with van der Waals surface area (Å²) < 4.78 is 11.3. The largest absolute Gasteiger partial charge is 0.494 e. The van der Waals surface area contributed by atoms with Gasteiger partial charge in [0.25, 0.3) is 0 Å². The molecule has 1 aliphatic carbocycles. The predicted molar refractivity (Wildman–Crippen MR) is 151 cm³/mol. The van der Waals surface area contributed by atoms with Crippen molar-refractivity contribution in [1.29, 1.82) is 0 Å². The molecule has 1 atom stereocenters. The van der Waals surface area contributed by atoms with Crippen molar-refractivity contribution in [2.45, 2.75) is 24.8 Å². The highest BCUT2D eigenvalue weighted by molar-refractivity contribution is 5.79. The average Bonchev–Trinajstić information content (AvgIpc) is 3.31. The second kappa shape index (κ2) is 13.1. The Hall–Kier alpha value is -4.46. The van der Waals surface area contributed by atoms with Gasteiger partial charge in [-0.1, -0.05) is 91.0 Å². The van der Waals surface area contributed by atoms with Gasteiger partial charge in [0.05, 0.1) is 12.6 Å². The van der Waals surface area contributed by atoms with E-state index in [0.717, 1.165) is 22.3 Å². The topological polar surface area (TPSA) is 94.1 Å². The van der Waals surface area contributed by atoms with Crippen LogP contribution in [0.5, 0.6) is 5.75 Å². The molecule has 1 aliphatic rings. The highest BCUT2D eigenvalue weighted by Crippen LogP contribution is 2.44. The van der Waals surface area contributed by atoms with Gasteiger partial charge >= 0.3 is 11.9 Å². The molecule has 0 heterocycles. The van der Waals surface area contributed by atoms with Crippen LogP contribution < -0.4 is 10.2 Å². The Morgan fingerprint density at radius 1 is 0.775 bits per heavy atom. The first-order valence-electron chi connectivity index (χ1n) is 13.3. The summed E-state index contributed by atoms with van der Waals surface area (Å²) in [5, 5.41) is 8.77. The zero-order chi connectivity index (χ0) is 27.7. The third-order valence-electron chi connectivity index (χ3n) is 6.91. The van der Waals surface area contributed by atoms with Gasteiger partial charge in [-0.25, -0.2) is 4.79 Å². The third-order valence-corrected chi connectivity index (χ3v) is 6.91. The maximum atomic E-state index is 12.6. The fourth-order valence-electron chi connectivity index (χ4n) is 4.99. The Morgan fingerprint density at radius 3 is 2.02 bits per heavy atom. The van der Waals surface area contributed by atoms with Crippen molar-refractivity contribution in [2.24, 2.45) is 0 Å². The lowest BCUT2D eigenvalue weighted by Gasteiger charge is -2.20. The SMILES string of the molecule is O=C(O)CCCOc1ccc(C(NOCC(=O)OCC2c3ccccc3-c3ccccc32)c2ccccc2)cc1. The fourth-order valence-corrected chi connectivity index (χ4v) is 4.99. The second-order valence-electron chi connectivity index (χ2n) is 9.58. The van der Waals surface area contributed by atoms with Gasteiger partial charge in [0, 0.05) is 12.3 Å². The maximum Gasteiger partial charge on any atom is 0.334 e. The van der Waals surface area contributed by atoms with Crippen molar-refractivity contribution in [2.75, 3.05) is 19.8 Å². The zero-order valence-electron chi connectivity index (χ0n) is 22.0. The van der Waals surface area contributed by atoms with Crippen molar-refractivity contribution in [3.8, 4) is 16.9 Å². The molecule has 2 N–H and O–H groups in total. The molecule has 4 aromatic carbocycles. The molecule has 7 heteroatoms. The number of carboxylic acid groups (broad SMARTS) is 1. The van der Waals surface area contributed by atoms with E-state index in [2.05, 4.69) is 29.7 Å².